The molecule has 0 radical (unpaired) electrons. The third-order valence-electron chi connectivity index (χ3n) is 3.91. The van der Waals surface area contributed by atoms with Crippen molar-refractivity contribution in [3.63, 3.8) is 0 Å². The van der Waals surface area contributed by atoms with E-state index in [1.165, 1.54) is 44.2 Å². The summed E-state index contributed by atoms with van der Waals surface area (Å²) in [5.41, 5.74) is 7.32. The SMILES string of the molecule is NC1(Cc2ccc(F)cc2Cl)CCCCCCC1. The van der Waals surface area contributed by atoms with Gasteiger partial charge in [-0.1, -0.05) is 49.8 Å². The fraction of sp³-hybridized carbons (Fsp3) is 0.600. The van der Waals surface area contributed by atoms with E-state index in [0.29, 0.717) is 5.02 Å². The van der Waals surface area contributed by atoms with Crippen molar-refractivity contribution in [2.75, 3.05) is 0 Å². The molecule has 1 aliphatic rings. The molecular formula is C15H21ClFN. The summed E-state index contributed by atoms with van der Waals surface area (Å²) in [6.45, 7) is 0. The van der Waals surface area contributed by atoms with E-state index in [4.69, 9.17) is 17.3 Å². The second kappa shape index (κ2) is 6.03. The predicted molar refractivity (Wildman–Crippen MR) is 74.4 cm³/mol. The minimum absolute atomic E-state index is 0.165. The molecule has 0 aliphatic heterocycles. The van der Waals surface area contributed by atoms with E-state index in [1.54, 1.807) is 6.07 Å². The molecule has 1 nitrogen and oxygen atoms in total. The molecule has 0 unspecified atom stereocenters. The van der Waals surface area contributed by atoms with E-state index in [0.717, 1.165) is 24.8 Å². The molecule has 0 heterocycles. The molecule has 100 valence electrons. The van der Waals surface area contributed by atoms with Gasteiger partial charge in [-0.2, -0.15) is 0 Å². The monoisotopic (exact) mass is 269 g/mol. The standard InChI is InChI=1S/C15H21ClFN/c16-14-10-13(17)7-6-12(14)11-15(18)8-4-2-1-3-5-9-15/h6-7,10H,1-5,8-9,11,18H2. The molecule has 2 rings (SSSR count). The lowest BCUT2D eigenvalue weighted by molar-refractivity contribution is 0.314. The van der Waals surface area contributed by atoms with Gasteiger partial charge in [0.25, 0.3) is 0 Å². The Hall–Kier alpha value is -0.600. The average molecular weight is 270 g/mol. The van der Waals surface area contributed by atoms with Gasteiger partial charge in [0.15, 0.2) is 0 Å². The highest BCUT2D eigenvalue weighted by Gasteiger charge is 2.26. The van der Waals surface area contributed by atoms with Crippen LogP contribution in [0.2, 0.25) is 5.02 Å². The lowest BCUT2D eigenvalue weighted by atomic mass is 9.80. The summed E-state index contributed by atoms with van der Waals surface area (Å²) >= 11 is 6.09. The first-order valence-corrected chi connectivity index (χ1v) is 7.20. The van der Waals surface area contributed by atoms with Gasteiger partial charge in [0.1, 0.15) is 5.82 Å². The topological polar surface area (TPSA) is 26.0 Å². The van der Waals surface area contributed by atoms with Gasteiger partial charge in [-0.05, 0) is 37.0 Å². The van der Waals surface area contributed by atoms with Crippen molar-refractivity contribution in [2.24, 2.45) is 5.73 Å². The Kier molecular flexibility index (Phi) is 4.63. The van der Waals surface area contributed by atoms with E-state index < -0.39 is 0 Å². The number of halogens is 2. The molecule has 1 aliphatic carbocycles. The highest BCUT2D eigenvalue weighted by atomic mass is 35.5. The lowest BCUT2D eigenvalue weighted by Gasteiger charge is -2.32. The van der Waals surface area contributed by atoms with E-state index >= 15 is 0 Å². The molecule has 0 spiro atoms. The first-order chi connectivity index (χ1) is 8.59. The Labute approximate surface area is 114 Å². The normalized spacial score (nSPS) is 20.2. The van der Waals surface area contributed by atoms with E-state index in [2.05, 4.69) is 0 Å². The van der Waals surface area contributed by atoms with Crippen LogP contribution in [0.3, 0.4) is 0 Å². The molecule has 0 atom stereocenters. The first kappa shape index (κ1) is 13.8. The van der Waals surface area contributed by atoms with Gasteiger partial charge >= 0.3 is 0 Å². The molecular weight excluding hydrogens is 249 g/mol. The predicted octanol–water partition coefficient (Wildman–Crippen LogP) is 4.46. The quantitative estimate of drug-likeness (QED) is 0.843. The van der Waals surface area contributed by atoms with Gasteiger partial charge in [-0.3, -0.25) is 0 Å². The van der Waals surface area contributed by atoms with Gasteiger partial charge < -0.3 is 5.73 Å². The fourth-order valence-corrected chi connectivity index (χ4v) is 3.06. The summed E-state index contributed by atoms with van der Waals surface area (Å²) in [6, 6.07) is 4.61. The minimum Gasteiger partial charge on any atom is -0.325 e. The Morgan fingerprint density at radius 1 is 1.11 bits per heavy atom. The first-order valence-electron chi connectivity index (χ1n) is 6.82. The van der Waals surface area contributed by atoms with Crippen molar-refractivity contribution < 1.29 is 4.39 Å². The molecule has 1 aromatic carbocycles. The summed E-state index contributed by atoms with van der Waals surface area (Å²) in [5.74, 6) is -0.285. The van der Waals surface area contributed by atoms with Crippen molar-refractivity contribution in [1.29, 1.82) is 0 Å². The van der Waals surface area contributed by atoms with E-state index in [1.807, 2.05) is 0 Å². The molecule has 0 bridgehead atoms. The van der Waals surface area contributed by atoms with Crippen molar-refractivity contribution in [3.8, 4) is 0 Å². The molecule has 0 saturated heterocycles. The van der Waals surface area contributed by atoms with Crippen molar-refractivity contribution >= 4 is 11.6 Å². The average Bonchev–Trinajstić information content (AvgIpc) is 2.29. The van der Waals surface area contributed by atoms with Gasteiger partial charge in [-0.25, -0.2) is 4.39 Å². The molecule has 1 fully saturated rings. The molecule has 1 aromatic rings. The van der Waals surface area contributed by atoms with E-state index in [9.17, 15) is 4.39 Å². The zero-order valence-electron chi connectivity index (χ0n) is 10.7. The van der Waals surface area contributed by atoms with Crippen LogP contribution in [-0.4, -0.2) is 5.54 Å². The maximum atomic E-state index is 13.0. The number of rotatable bonds is 2. The van der Waals surface area contributed by atoms with Crippen LogP contribution in [0.5, 0.6) is 0 Å². The highest BCUT2D eigenvalue weighted by Crippen LogP contribution is 2.30. The van der Waals surface area contributed by atoms with Crippen molar-refractivity contribution in [1.82, 2.24) is 0 Å². The zero-order valence-corrected chi connectivity index (χ0v) is 11.5. The minimum atomic E-state index is -0.285. The van der Waals surface area contributed by atoms with Crippen LogP contribution in [0, 0.1) is 5.82 Å². The Bertz CT molecular complexity index is 397. The maximum absolute atomic E-state index is 13.0. The molecule has 0 aromatic heterocycles. The van der Waals surface area contributed by atoms with Crippen molar-refractivity contribution in [3.05, 3.63) is 34.6 Å². The van der Waals surface area contributed by atoms with Crippen LogP contribution in [0.4, 0.5) is 4.39 Å². The molecule has 0 amide bonds. The van der Waals surface area contributed by atoms with Gasteiger partial charge in [0.2, 0.25) is 0 Å². The summed E-state index contributed by atoms with van der Waals surface area (Å²) < 4.78 is 13.0. The van der Waals surface area contributed by atoms with Crippen LogP contribution in [0.1, 0.15) is 50.5 Å². The highest BCUT2D eigenvalue weighted by molar-refractivity contribution is 6.31. The second-order valence-corrected chi connectivity index (χ2v) is 5.95. The molecule has 2 N–H and O–H groups in total. The Balaban J connectivity index is 2.09. The molecule has 1 saturated carbocycles. The van der Waals surface area contributed by atoms with Crippen LogP contribution in [-0.2, 0) is 6.42 Å². The number of hydrogen-bond donors (Lipinski definition) is 1. The van der Waals surface area contributed by atoms with Gasteiger partial charge in [0.05, 0.1) is 0 Å². The second-order valence-electron chi connectivity index (χ2n) is 5.54. The Morgan fingerprint density at radius 3 is 2.33 bits per heavy atom. The summed E-state index contributed by atoms with van der Waals surface area (Å²) in [4.78, 5) is 0. The number of benzene rings is 1. The third kappa shape index (κ3) is 3.69. The zero-order chi connectivity index (χ0) is 13.0. The third-order valence-corrected chi connectivity index (χ3v) is 4.26. The summed E-state index contributed by atoms with van der Waals surface area (Å²) in [7, 11) is 0. The number of nitrogens with two attached hydrogens (primary N) is 1. The molecule has 3 heteroatoms. The summed E-state index contributed by atoms with van der Waals surface area (Å²) in [5, 5.41) is 0.502. The number of hydrogen-bond acceptors (Lipinski definition) is 1. The van der Waals surface area contributed by atoms with Crippen molar-refractivity contribution in [2.45, 2.75) is 56.9 Å². The lowest BCUT2D eigenvalue weighted by Crippen LogP contribution is -2.42. The van der Waals surface area contributed by atoms with Crippen LogP contribution in [0.15, 0.2) is 18.2 Å². The largest absolute Gasteiger partial charge is 0.325 e. The van der Waals surface area contributed by atoms with Gasteiger partial charge in [-0.15, -0.1) is 0 Å². The van der Waals surface area contributed by atoms with E-state index in [-0.39, 0.29) is 11.4 Å². The smallest absolute Gasteiger partial charge is 0.124 e. The maximum Gasteiger partial charge on any atom is 0.124 e. The fourth-order valence-electron chi connectivity index (χ4n) is 2.83. The summed E-state index contributed by atoms with van der Waals surface area (Å²) in [6.07, 6.45) is 9.09. The Morgan fingerprint density at radius 2 is 1.72 bits per heavy atom. The molecule has 18 heavy (non-hydrogen) atoms. The van der Waals surface area contributed by atoms with Gasteiger partial charge in [0, 0.05) is 10.6 Å². The van der Waals surface area contributed by atoms with Crippen LogP contribution < -0.4 is 5.73 Å². The van der Waals surface area contributed by atoms with Crippen LogP contribution in [0.25, 0.3) is 0 Å². The van der Waals surface area contributed by atoms with Crippen LogP contribution >= 0.6 is 11.6 Å².